The van der Waals surface area contributed by atoms with Gasteiger partial charge in [0.15, 0.2) is 0 Å². The molecule has 0 aliphatic heterocycles. The van der Waals surface area contributed by atoms with Crippen molar-refractivity contribution in [2.75, 3.05) is 6.54 Å². The summed E-state index contributed by atoms with van der Waals surface area (Å²) in [5, 5.41) is 0. The molecule has 1 N–H and O–H groups in total. The highest BCUT2D eigenvalue weighted by Gasteiger charge is 2.25. The quantitative estimate of drug-likeness (QED) is 0.878. The van der Waals surface area contributed by atoms with E-state index >= 15 is 0 Å². The number of sulfonamides is 1. The van der Waals surface area contributed by atoms with Gasteiger partial charge in [0.2, 0.25) is 10.0 Å². The standard InChI is InChI=1S/C13H20BrNO2S2/c1-9-5-3-4-6-11(9)8-15-19(16,17)12-7-13(14)18-10(12)2/h7,9,11,15H,3-6,8H2,1-2H3. The number of thiophene rings is 1. The molecule has 19 heavy (non-hydrogen) atoms. The van der Waals surface area contributed by atoms with Crippen LogP contribution in [0.4, 0.5) is 0 Å². The molecule has 1 saturated carbocycles. The Kier molecular flexibility index (Phi) is 5.09. The van der Waals surface area contributed by atoms with Crippen molar-refractivity contribution >= 4 is 37.3 Å². The summed E-state index contributed by atoms with van der Waals surface area (Å²) in [5.74, 6) is 1.10. The van der Waals surface area contributed by atoms with Crippen molar-refractivity contribution in [2.24, 2.45) is 11.8 Å². The van der Waals surface area contributed by atoms with Crippen LogP contribution in [-0.4, -0.2) is 15.0 Å². The van der Waals surface area contributed by atoms with E-state index in [-0.39, 0.29) is 0 Å². The van der Waals surface area contributed by atoms with Crippen molar-refractivity contribution in [2.45, 2.75) is 44.4 Å². The van der Waals surface area contributed by atoms with Crippen molar-refractivity contribution in [3.05, 3.63) is 14.7 Å². The van der Waals surface area contributed by atoms with Gasteiger partial charge in [-0.3, -0.25) is 0 Å². The normalized spacial score (nSPS) is 24.6. The minimum absolute atomic E-state index is 0.410. The van der Waals surface area contributed by atoms with Crippen LogP contribution in [0, 0.1) is 18.8 Å². The maximum atomic E-state index is 12.3. The SMILES string of the molecule is Cc1sc(Br)cc1S(=O)(=O)NCC1CCCCC1C. The Balaban J connectivity index is 2.03. The fourth-order valence-electron chi connectivity index (χ4n) is 2.69. The average molecular weight is 366 g/mol. The fourth-order valence-corrected chi connectivity index (χ4v) is 6.20. The number of halogens is 1. The van der Waals surface area contributed by atoms with Gasteiger partial charge in [-0.2, -0.15) is 0 Å². The molecular weight excluding hydrogens is 346 g/mol. The third kappa shape index (κ3) is 3.80. The van der Waals surface area contributed by atoms with Gasteiger partial charge in [0, 0.05) is 11.4 Å². The van der Waals surface area contributed by atoms with E-state index in [1.165, 1.54) is 30.6 Å². The van der Waals surface area contributed by atoms with Gasteiger partial charge < -0.3 is 0 Å². The largest absolute Gasteiger partial charge is 0.241 e. The molecule has 2 unspecified atom stereocenters. The molecule has 6 heteroatoms. The van der Waals surface area contributed by atoms with Crippen LogP contribution in [0.1, 0.15) is 37.5 Å². The number of nitrogens with one attached hydrogen (secondary N) is 1. The highest BCUT2D eigenvalue weighted by Crippen LogP contribution is 2.31. The van der Waals surface area contributed by atoms with Crippen LogP contribution in [0.3, 0.4) is 0 Å². The van der Waals surface area contributed by atoms with Crippen molar-refractivity contribution < 1.29 is 8.42 Å². The van der Waals surface area contributed by atoms with Crippen molar-refractivity contribution in [3.8, 4) is 0 Å². The summed E-state index contributed by atoms with van der Waals surface area (Å²) < 4.78 is 28.2. The summed E-state index contributed by atoms with van der Waals surface area (Å²) >= 11 is 4.79. The Hall–Kier alpha value is 0.0900. The zero-order valence-corrected chi connectivity index (χ0v) is 14.5. The Labute approximate surface area is 128 Å². The minimum Gasteiger partial charge on any atom is -0.211 e. The Morgan fingerprint density at radius 1 is 1.42 bits per heavy atom. The van der Waals surface area contributed by atoms with Gasteiger partial charge >= 0.3 is 0 Å². The predicted octanol–water partition coefficient (Wildman–Crippen LogP) is 3.92. The molecule has 1 fully saturated rings. The van der Waals surface area contributed by atoms with Gasteiger partial charge in [-0.25, -0.2) is 13.1 Å². The molecule has 0 radical (unpaired) electrons. The minimum atomic E-state index is -3.36. The van der Waals surface area contributed by atoms with Gasteiger partial charge in [-0.05, 0) is 47.2 Å². The van der Waals surface area contributed by atoms with Gasteiger partial charge in [-0.15, -0.1) is 11.3 Å². The molecule has 2 atom stereocenters. The van der Waals surface area contributed by atoms with Gasteiger partial charge in [-0.1, -0.05) is 26.2 Å². The van der Waals surface area contributed by atoms with Crippen LogP contribution in [0.5, 0.6) is 0 Å². The summed E-state index contributed by atoms with van der Waals surface area (Å²) in [6, 6.07) is 1.69. The zero-order chi connectivity index (χ0) is 14.0. The topological polar surface area (TPSA) is 46.2 Å². The lowest BCUT2D eigenvalue weighted by atomic mass is 9.81. The molecule has 1 aliphatic rings. The van der Waals surface area contributed by atoms with Crippen LogP contribution < -0.4 is 4.72 Å². The first-order valence-corrected chi connectivity index (χ1v) is 9.75. The third-order valence-electron chi connectivity index (χ3n) is 3.96. The van der Waals surface area contributed by atoms with Gasteiger partial charge in [0.1, 0.15) is 0 Å². The summed E-state index contributed by atoms with van der Waals surface area (Å²) in [6.07, 6.45) is 4.85. The molecule has 3 nitrogen and oxygen atoms in total. The van der Waals surface area contributed by atoms with E-state index in [1.54, 1.807) is 6.07 Å². The highest BCUT2D eigenvalue weighted by atomic mass is 79.9. The molecule has 0 saturated heterocycles. The van der Waals surface area contributed by atoms with E-state index in [9.17, 15) is 8.42 Å². The molecule has 0 bridgehead atoms. The summed E-state index contributed by atoms with van der Waals surface area (Å²) in [5.41, 5.74) is 0. The number of hydrogen-bond donors (Lipinski definition) is 1. The van der Waals surface area contributed by atoms with Crippen LogP contribution in [0.2, 0.25) is 0 Å². The highest BCUT2D eigenvalue weighted by molar-refractivity contribution is 9.11. The van der Waals surface area contributed by atoms with E-state index in [4.69, 9.17) is 0 Å². The third-order valence-corrected chi connectivity index (χ3v) is 7.19. The first kappa shape index (κ1) is 15.5. The molecule has 0 amide bonds. The van der Waals surface area contributed by atoms with Crippen LogP contribution in [0.25, 0.3) is 0 Å². The molecule has 0 spiro atoms. The molecular formula is C13H20BrNO2S2. The lowest BCUT2D eigenvalue weighted by molar-refractivity contribution is 0.257. The smallest absolute Gasteiger partial charge is 0.211 e. The lowest BCUT2D eigenvalue weighted by Gasteiger charge is -2.28. The Morgan fingerprint density at radius 2 is 2.11 bits per heavy atom. The second-order valence-electron chi connectivity index (χ2n) is 5.34. The van der Waals surface area contributed by atoms with Crippen LogP contribution in [0.15, 0.2) is 14.7 Å². The maximum Gasteiger partial charge on any atom is 0.241 e. The molecule has 1 aliphatic carbocycles. The van der Waals surface area contributed by atoms with Crippen LogP contribution in [-0.2, 0) is 10.0 Å². The van der Waals surface area contributed by atoms with Crippen molar-refractivity contribution in [1.29, 1.82) is 0 Å². The molecule has 1 aromatic rings. The van der Waals surface area contributed by atoms with Gasteiger partial charge in [0.05, 0.1) is 8.68 Å². The summed E-state index contributed by atoms with van der Waals surface area (Å²) in [7, 11) is -3.36. The number of hydrogen-bond acceptors (Lipinski definition) is 3. The predicted molar refractivity (Wildman–Crippen MR) is 83.1 cm³/mol. The molecule has 1 aromatic heterocycles. The Morgan fingerprint density at radius 3 is 2.68 bits per heavy atom. The van der Waals surface area contributed by atoms with Gasteiger partial charge in [0.25, 0.3) is 0 Å². The van der Waals surface area contributed by atoms with E-state index in [0.717, 1.165) is 15.1 Å². The first-order valence-electron chi connectivity index (χ1n) is 6.66. The summed E-state index contributed by atoms with van der Waals surface area (Å²) in [4.78, 5) is 1.24. The van der Waals surface area contributed by atoms with Crippen LogP contribution >= 0.6 is 27.3 Å². The zero-order valence-electron chi connectivity index (χ0n) is 11.3. The second-order valence-corrected chi connectivity index (χ2v) is 9.72. The molecule has 108 valence electrons. The van der Waals surface area contributed by atoms with Crippen molar-refractivity contribution in [3.63, 3.8) is 0 Å². The summed E-state index contributed by atoms with van der Waals surface area (Å²) in [6.45, 7) is 4.63. The molecule has 2 rings (SSSR count). The van der Waals surface area contributed by atoms with E-state index in [2.05, 4.69) is 27.6 Å². The van der Waals surface area contributed by atoms with Crippen molar-refractivity contribution in [1.82, 2.24) is 4.72 Å². The monoisotopic (exact) mass is 365 g/mol. The second kappa shape index (κ2) is 6.24. The maximum absolute atomic E-state index is 12.3. The number of aryl methyl sites for hydroxylation is 1. The molecule has 1 heterocycles. The first-order chi connectivity index (χ1) is 8.90. The van der Waals surface area contributed by atoms with E-state index in [1.807, 2.05) is 6.92 Å². The lowest BCUT2D eigenvalue weighted by Crippen LogP contribution is -2.33. The van der Waals surface area contributed by atoms with E-state index in [0.29, 0.717) is 23.3 Å². The molecule has 0 aromatic carbocycles. The van der Waals surface area contributed by atoms with E-state index < -0.39 is 10.0 Å². The average Bonchev–Trinajstić information content (AvgIpc) is 2.68. The fraction of sp³-hybridized carbons (Fsp3) is 0.692. The Bertz CT molecular complexity index is 539. The number of rotatable bonds is 4.